The molecular weight excluding hydrogens is 248 g/mol. The molecule has 1 aromatic heterocycles. The molecule has 0 atom stereocenters. The first-order valence-corrected chi connectivity index (χ1v) is 5.88. The topological polar surface area (TPSA) is 73.4 Å². The Labute approximate surface area is 110 Å². The number of H-pyrrole nitrogens is 1. The van der Waals surface area contributed by atoms with Crippen molar-refractivity contribution in [2.75, 3.05) is 21.3 Å². The molecule has 0 spiro atoms. The van der Waals surface area contributed by atoms with Crippen LogP contribution in [0, 0.1) is 0 Å². The maximum atomic E-state index is 12.0. The molecular formula is C13H16N2O4. The van der Waals surface area contributed by atoms with E-state index < -0.39 is 0 Å². The highest BCUT2D eigenvalue weighted by Gasteiger charge is 2.19. The standard InChI is InChI=1S/C13H16N2O4/c1-5-9-14-10-7(13(16)15-9)6-8(17-2)11(18-3)12(10)19-4/h6H,5H2,1-4H3,(H,14,15,16). The van der Waals surface area contributed by atoms with Gasteiger partial charge in [0.05, 0.1) is 26.7 Å². The molecule has 0 bridgehead atoms. The minimum atomic E-state index is -0.221. The highest BCUT2D eigenvalue weighted by Crippen LogP contribution is 2.41. The molecule has 0 radical (unpaired) electrons. The second-order valence-corrected chi connectivity index (χ2v) is 3.91. The van der Waals surface area contributed by atoms with Crippen molar-refractivity contribution in [2.45, 2.75) is 13.3 Å². The summed E-state index contributed by atoms with van der Waals surface area (Å²) in [5.74, 6) is 1.86. The number of nitrogens with zero attached hydrogens (tertiary/aromatic N) is 1. The number of fused-ring (bicyclic) bond motifs is 1. The minimum Gasteiger partial charge on any atom is -0.493 e. The Kier molecular flexibility index (Phi) is 3.59. The number of aromatic nitrogens is 2. The lowest BCUT2D eigenvalue weighted by Crippen LogP contribution is -2.12. The SMILES string of the molecule is CCc1nc2c(OC)c(OC)c(OC)cc2c(=O)[nH]1. The van der Waals surface area contributed by atoms with Gasteiger partial charge in [-0.25, -0.2) is 4.98 Å². The van der Waals surface area contributed by atoms with Crippen molar-refractivity contribution >= 4 is 10.9 Å². The molecule has 0 amide bonds. The molecule has 102 valence electrons. The first-order chi connectivity index (χ1) is 9.15. The third kappa shape index (κ3) is 2.09. The van der Waals surface area contributed by atoms with Gasteiger partial charge >= 0.3 is 0 Å². The monoisotopic (exact) mass is 264 g/mol. The van der Waals surface area contributed by atoms with Gasteiger partial charge in [0.2, 0.25) is 5.75 Å². The average Bonchev–Trinajstić information content (AvgIpc) is 2.44. The summed E-state index contributed by atoms with van der Waals surface area (Å²) >= 11 is 0. The molecule has 0 saturated carbocycles. The van der Waals surface area contributed by atoms with E-state index in [4.69, 9.17) is 14.2 Å². The van der Waals surface area contributed by atoms with Gasteiger partial charge in [0.25, 0.3) is 5.56 Å². The number of rotatable bonds is 4. The van der Waals surface area contributed by atoms with Crippen LogP contribution in [0.1, 0.15) is 12.7 Å². The largest absolute Gasteiger partial charge is 0.493 e. The minimum absolute atomic E-state index is 0.221. The fourth-order valence-electron chi connectivity index (χ4n) is 1.95. The van der Waals surface area contributed by atoms with E-state index in [1.165, 1.54) is 21.3 Å². The summed E-state index contributed by atoms with van der Waals surface area (Å²) < 4.78 is 15.8. The van der Waals surface area contributed by atoms with Crippen molar-refractivity contribution in [3.05, 3.63) is 22.2 Å². The van der Waals surface area contributed by atoms with Gasteiger partial charge in [0.1, 0.15) is 11.3 Å². The second-order valence-electron chi connectivity index (χ2n) is 3.91. The molecule has 0 aliphatic carbocycles. The molecule has 0 aliphatic heterocycles. The van der Waals surface area contributed by atoms with E-state index in [1.807, 2.05) is 6.92 Å². The molecule has 6 heteroatoms. The maximum Gasteiger partial charge on any atom is 0.259 e. The Balaban J connectivity index is 2.93. The number of hydrogen-bond acceptors (Lipinski definition) is 5. The normalized spacial score (nSPS) is 10.5. The third-order valence-electron chi connectivity index (χ3n) is 2.89. The summed E-state index contributed by atoms with van der Waals surface area (Å²) in [5, 5.41) is 0.409. The average molecular weight is 264 g/mol. The van der Waals surface area contributed by atoms with Crippen molar-refractivity contribution in [1.82, 2.24) is 9.97 Å². The van der Waals surface area contributed by atoms with Crippen molar-refractivity contribution in [1.29, 1.82) is 0 Å². The number of aryl methyl sites for hydroxylation is 1. The van der Waals surface area contributed by atoms with E-state index in [2.05, 4.69) is 9.97 Å². The lowest BCUT2D eigenvalue weighted by molar-refractivity contribution is 0.326. The molecule has 6 nitrogen and oxygen atoms in total. The van der Waals surface area contributed by atoms with Crippen LogP contribution in [0.4, 0.5) is 0 Å². The van der Waals surface area contributed by atoms with Gasteiger partial charge in [-0.2, -0.15) is 0 Å². The Hall–Kier alpha value is -2.24. The number of ether oxygens (including phenoxy) is 3. The van der Waals surface area contributed by atoms with Crippen LogP contribution in [0.5, 0.6) is 17.2 Å². The van der Waals surface area contributed by atoms with E-state index >= 15 is 0 Å². The zero-order valence-corrected chi connectivity index (χ0v) is 11.4. The van der Waals surface area contributed by atoms with E-state index in [1.54, 1.807) is 6.07 Å². The van der Waals surface area contributed by atoms with Crippen LogP contribution in [0.2, 0.25) is 0 Å². The summed E-state index contributed by atoms with van der Waals surface area (Å²) in [5.41, 5.74) is 0.252. The van der Waals surface area contributed by atoms with E-state index in [0.717, 1.165) is 0 Å². The van der Waals surface area contributed by atoms with Gasteiger partial charge in [-0.1, -0.05) is 6.92 Å². The summed E-state index contributed by atoms with van der Waals surface area (Å²) in [7, 11) is 4.52. The Morgan fingerprint density at radius 1 is 1.16 bits per heavy atom. The van der Waals surface area contributed by atoms with Gasteiger partial charge in [-0.15, -0.1) is 0 Å². The molecule has 19 heavy (non-hydrogen) atoms. The smallest absolute Gasteiger partial charge is 0.259 e. The fraction of sp³-hybridized carbons (Fsp3) is 0.385. The molecule has 0 unspecified atom stereocenters. The number of aromatic amines is 1. The molecule has 2 aromatic rings. The van der Waals surface area contributed by atoms with Gasteiger partial charge in [0.15, 0.2) is 11.5 Å². The van der Waals surface area contributed by atoms with Crippen LogP contribution in [0.15, 0.2) is 10.9 Å². The van der Waals surface area contributed by atoms with E-state index in [-0.39, 0.29) is 5.56 Å². The second kappa shape index (κ2) is 5.17. The number of nitrogens with one attached hydrogen (secondary N) is 1. The molecule has 1 heterocycles. The molecule has 1 N–H and O–H groups in total. The third-order valence-corrected chi connectivity index (χ3v) is 2.89. The lowest BCUT2D eigenvalue weighted by Gasteiger charge is -2.14. The van der Waals surface area contributed by atoms with Crippen LogP contribution in [-0.2, 0) is 6.42 Å². The predicted molar refractivity (Wildman–Crippen MR) is 71.4 cm³/mol. The molecule has 0 saturated heterocycles. The Morgan fingerprint density at radius 3 is 2.37 bits per heavy atom. The van der Waals surface area contributed by atoms with E-state index in [9.17, 15) is 4.79 Å². The Bertz CT molecular complexity index is 664. The first kappa shape index (κ1) is 13.2. The first-order valence-electron chi connectivity index (χ1n) is 5.88. The van der Waals surface area contributed by atoms with Crippen LogP contribution < -0.4 is 19.8 Å². The van der Waals surface area contributed by atoms with Gasteiger partial charge in [-0.05, 0) is 6.07 Å². The van der Waals surface area contributed by atoms with Crippen molar-refractivity contribution < 1.29 is 14.2 Å². The quantitative estimate of drug-likeness (QED) is 0.906. The van der Waals surface area contributed by atoms with Crippen LogP contribution in [0.3, 0.4) is 0 Å². The van der Waals surface area contributed by atoms with Gasteiger partial charge in [0, 0.05) is 6.42 Å². The van der Waals surface area contributed by atoms with Crippen molar-refractivity contribution in [3.8, 4) is 17.2 Å². The van der Waals surface area contributed by atoms with E-state index in [0.29, 0.717) is 40.4 Å². The van der Waals surface area contributed by atoms with Crippen LogP contribution in [-0.4, -0.2) is 31.3 Å². The molecule has 2 rings (SSSR count). The van der Waals surface area contributed by atoms with Gasteiger partial charge < -0.3 is 19.2 Å². The van der Waals surface area contributed by atoms with Crippen LogP contribution >= 0.6 is 0 Å². The van der Waals surface area contributed by atoms with Crippen LogP contribution in [0.25, 0.3) is 10.9 Å². The Morgan fingerprint density at radius 2 is 1.84 bits per heavy atom. The summed E-state index contributed by atoms with van der Waals surface area (Å²) in [6, 6.07) is 1.60. The van der Waals surface area contributed by atoms with Crippen molar-refractivity contribution in [3.63, 3.8) is 0 Å². The zero-order chi connectivity index (χ0) is 14.0. The molecule has 0 fully saturated rings. The van der Waals surface area contributed by atoms with Gasteiger partial charge in [-0.3, -0.25) is 4.79 Å². The molecule has 0 aliphatic rings. The maximum absolute atomic E-state index is 12.0. The summed E-state index contributed by atoms with van der Waals surface area (Å²) in [6.07, 6.45) is 0.628. The summed E-state index contributed by atoms with van der Waals surface area (Å²) in [4.78, 5) is 19.2. The fourth-order valence-corrected chi connectivity index (χ4v) is 1.95. The number of benzene rings is 1. The number of hydrogen-bond donors (Lipinski definition) is 1. The highest BCUT2D eigenvalue weighted by atomic mass is 16.5. The van der Waals surface area contributed by atoms with Crippen molar-refractivity contribution in [2.24, 2.45) is 0 Å². The number of methoxy groups -OCH3 is 3. The lowest BCUT2D eigenvalue weighted by atomic mass is 10.2. The molecule has 1 aromatic carbocycles. The predicted octanol–water partition coefficient (Wildman–Crippen LogP) is 1.51. The zero-order valence-electron chi connectivity index (χ0n) is 11.4. The highest BCUT2D eigenvalue weighted by molar-refractivity contribution is 5.89. The summed E-state index contributed by atoms with van der Waals surface area (Å²) in [6.45, 7) is 1.91.